The van der Waals surface area contributed by atoms with Crippen molar-refractivity contribution in [3.05, 3.63) is 28.7 Å². The van der Waals surface area contributed by atoms with Crippen LogP contribution in [-0.2, 0) is 32.2 Å². The van der Waals surface area contributed by atoms with Gasteiger partial charge in [0.1, 0.15) is 0 Å². The van der Waals surface area contributed by atoms with Gasteiger partial charge in [0.25, 0.3) is 0 Å². The van der Waals surface area contributed by atoms with Gasteiger partial charge >= 0.3 is 21.6 Å². The monoisotopic (exact) mass is 548 g/mol. The quantitative estimate of drug-likeness (QED) is 0.346. The normalized spacial score (nSPS) is 22.2. The fourth-order valence-electron chi connectivity index (χ4n) is 2.91. The van der Waals surface area contributed by atoms with Crippen molar-refractivity contribution in [2.24, 2.45) is 0 Å². The summed E-state index contributed by atoms with van der Waals surface area (Å²) >= 11 is 3.28. The summed E-state index contributed by atoms with van der Waals surface area (Å²) in [7, 11) is -1.29. The third-order valence-electron chi connectivity index (χ3n) is 6.39. The first-order valence-electron chi connectivity index (χ1n) is 11.2. The van der Waals surface area contributed by atoms with Gasteiger partial charge in [-0.15, -0.1) is 0 Å². The van der Waals surface area contributed by atoms with Crippen LogP contribution in [0.25, 0.3) is 0 Å². The van der Waals surface area contributed by atoms with Gasteiger partial charge in [-0.3, -0.25) is 4.57 Å². The predicted molar refractivity (Wildman–Crippen MR) is 139 cm³/mol. The lowest BCUT2D eigenvalue weighted by atomic mass is 9.49. The van der Waals surface area contributed by atoms with Gasteiger partial charge in [-0.1, -0.05) is 29.8 Å². The Morgan fingerprint density at radius 3 is 1.21 bits per heavy atom. The van der Waals surface area contributed by atoms with Crippen molar-refractivity contribution in [3.8, 4) is 0 Å². The fraction of sp³-hybridized carbons (Fsp3) is 0.727. The first-order valence-corrected chi connectivity index (χ1v) is 13.5. The zero-order valence-corrected chi connectivity index (χ0v) is 24.6. The summed E-state index contributed by atoms with van der Waals surface area (Å²) in [6.07, 6.45) is 0. The maximum atomic E-state index is 11.8. The molecule has 3 rings (SSSR count). The third-order valence-corrected chi connectivity index (χ3v) is 8.81. The van der Waals surface area contributed by atoms with Crippen molar-refractivity contribution in [2.75, 3.05) is 14.2 Å². The van der Waals surface area contributed by atoms with Crippen LogP contribution >= 0.6 is 23.5 Å². The molecule has 1 aromatic rings. The van der Waals surface area contributed by atoms with Crippen LogP contribution in [0, 0.1) is 0 Å². The molecule has 2 fully saturated rings. The highest BCUT2D eigenvalue weighted by Gasteiger charge is 2.63. The zero-order chi connectivity index (χ0) is 25.9. The van der Waals surface area contributed by atoms with Gasteiger partial charge < -0.3 is 27.7 Å². The summed E-state index contributed by atoms with van der Waals surface area (Å²) in [6, 6.07) is 7.00. The van der Waals surface area contributed by atoms with Crippen LogP contribution < -0.4 is 5.30 Å². The SMILES string of the molecule is CC.CC1(C)OB(B2OC(C)(C)C(C)(C)O2)OC1(C)C.COP(=O)(OC)c1ccc(Br)cc1. The molecule has 2 aliphatic rings. The van der Waals surface area contributed by atoms with Crippen LogP contribution in [-0.4, -0.2) is 50.6 Å². The van der Waals surface area contributed by atoms with Crippen LogP contribution in [0.2, 0.25) is 0 Å². The lowest BCUT2D eigenvalue weighted by Gasteiger charge is -2.32. The highest BCUT2D eigenvalue weighted by molar-refractivity contribution is 9.10. The molecule has 0 saturated carbocycles. The molecule has 11 heteroatoms. The minimum Gasteiger partial charge on any atom is -0.405 e. The largest absolute Gasteiger partial charge is 0.488 e. The van der Waals surface area contributed by atoms with Crippen molar-refractivity contribution in [2.45, 2.75) is 91.6 Å². The Labute approximate surface area is 209 Å². The number of halogens is 1. The number of rotatable bonds is 4. The molecule has 188 valence electrons. The van der Waals surface area contributed by atoms with Crippen molar-refractivity contribution in [3.63, 3.8) is 0 Å². The Balaban J connectivity index is 0.000000322. The summed E-state index contributed by atoms with van der Waals surface area (Å²) in [5, 5.41) is 0.556. The lowest BCUT2D eigenvalue weighted by Crippen LogP contribution is -2.41. The van der Waals surface area contributed by atoms with E-state index >= 15 is 0 Å². The summed E-state index contributed by atoms with van der Waals surface area (Å²) in [6.45, 7) is 20.2. The van der Waals surface area contributed by atoms with Crippen LogP contribution in [0.3, 0.4) is 0 Å². The van der Waals surface area contributed by atoms with Crippen LogP contribution in [0.1, 0.15) is 69.2 Å². The maximum Gasteiger partial charge on any atom is 0.488 e. The number of hydrogen-bond donors (Lipinski definition) is 0. The highest BCUT2D eigenvalue weighted by atomic mass is 79.9. The molecule has 0 aromatic heterocycles. The second kappa shape index (κ2) is 11.3. The molecular formula is C22H40B2BrO7P. The number of hydrogen-bond acceptors (Lipinski definition) is 7. The molecule has 0 bridgehead atoms. The Kier molecular flexibility index (Phi) is 10.5. The van der Waals surface area contributed by atoms with E-state index in [9.17, 15) is 4.57 Å². The average molecular weight is 549 g/mol. The van der Waals surface area contributed by atoms with Gasteiger partial charge in [0, 0.05) is 18.7 Å². The molecular weight excluding hydrogens is 509 g/mol. The summed E-state index contributed by atoms with van der Waals surface area (Å²) in [5.41, 5.74) is -1.44. The fourth-order valence-corrected chi connectivity index (χ4v) is 4.26. The molecule has 0 spiro atoms. The van der Waals surface area contributed by atoms with Gasteiger partial charge in [0.15, 0.2) is 0 Å². The standard InChI is InChI=1S/C12H24B2O4.C8H10BrO3P.C2H6/c1-9(2)10(3,4)16-13(15-9)14-17-11(5,6)12(7,8)18-14;1-11-13(10,12-2)8-5-3-7(9)4-6-8;1-2/h1-8H3;3-6H,1-2H3;1-2H3. The second-order valence-electron chi connectivity index (χ2n) is 9.59. The first-order chi connectivity index (χ1) is 15.0. The topological polar surface area (TPSA) is 72.5 Å². The molecule has 0 atom stereocenters. The summed E-state index contributed by atoms with van der Waals surface area (Å²) in [5.74, 6) is 0. The Morgan fingerprint density at radius 1 is 0.697 bits per heavy atom. The van der Waals surface area contributed by atoms with E-state index in [0.717, 1.165) is 4.47 Å². The highest BCUT2D eigenvalue weighted by Crippen LogP contribution is 2.45. The zero-order valence-electron chi connectivity index (χ0n) is 22.1. The number of benzene rings is 1. The molecule has 0 unspecified atom stereocenters. The van der Waals surface area contributed by atoms with E-state index < -0.39 is 21.6 Å². The first kappa shape index (κ1) is 30.9. The lowest BCUT2D eigenvalue weighted by molar-refractivity contribution is 0.00578. The molecule has 2 heterocycles. The Bertz CT molecular complexity index is 741. The Hall–Kier alpha value is -0.180. The van der Waals surface area contributed by atoms with Crippen LogP contribution in [0.4, 0.5) is 0 Å². The van der Waals surface area contributed by atoms with Gasteiger partial charge in [0.05, 0.1) is 27.7 Å². The van der Waals surface area contributed by atoms with Crippen molar-refractivity contribution in [1.29, 1.82) is 0 Å². The summed E-state index contributed by atoms with van der Waals surface area (Å²) < 4.78 is 46.2. The minimum atomic E-state index is -3.07. The molecule has 33 heavy (non-hydrogen) atoms. The predicted octanol–water partition coefficient (Wildman–Crippen LogP) is 5.84. The van der Waals surface area contributed by atoms with E-state index in [-0.39, 0.29) is 22.4 Å². The van der Waals surface area contributed by atoms with Crippen LogP contribution in [0.15, 0.2) is 28.7 Å². The average Bonchev–Trinajstić information content (AvgIpc) is 3.09. The van der Waals surface area contributed by atoms with E-state index in [4.69, 9.17) is 27.7 Å². The second-order valence-corrected chi connectivity index (χ2v) is 12.7. The molecule has 0 N–H and O–H groups in total. The molecule has 0 amide bonds. The van der Waals surface area contributed by atoms with E-state index in [2.05, 4.69) is 15.9 Å². The maximum absolute atomic E-state index is 11.8. The van der Waals surface area contributed by atoms with E-state index in [1.54, 1.807) is 24.3 Å². The molecule has 0 radical (unpaired) electrons. The third kappa shape index (κ3) is 6.95. The van der Waals surface area contributed by atoms with Crippen molar-refractivity contribution in [1.82, 2.24) is 0 Å². The van der Waals surface area contributed by atoms with E-state index in [0.29, 0.717) is 5.30 Å². The van der Waals surface area contributed by atoms with E-state index in [1.165, 1.54) is 14.2 Å². The van der Waals surface area contributed by atoms with Crippen molar-refractivity contribution >= 4 is 42.8 Å². The molecule has 2 aliphatic heterocycles. The van der Waals surface area contributed by atoms with Crippen molar-refractivity contribution < 1.29 is 32.2 Å². The molecule has 7 nitrogen and oxygen atoms in total. The van der Waals surface area contributed by atoms with E-state index in [1.807, 2.05) is 69.2 Å². The van der Waals surface area contributed by atoms with Gasteiger partial charge in [-0.2, -0.15) is 0 Å². The summed E-state index contributed by atoms with van der Waals surface area (Å²) in [4.78, 5) is 0. The van der Waals surface area contributed by atoms with Gasteiger partial charge in [0.2, 0.25) is 0 Å². The Morgan fingerprint density at radius 2 is 0.970 bits per heavy atom. The van der Waals surface area contributed by atoms with Gasteiger partial charge in [-0.25, -0.2) is 0 Å². The van der Waals surface area contributed by atoms with Crippen LogP contribution in [0.5, 0.6) is 0 Å². The minimum absolute atomic E-state index is 0.360. The molecule has 1 aromatic carbocycles. The smallest absolute Gasteiger partial charge is 0.405 e. The van der Waals surface area contributed by atoms with Gasteiger partial charge in [-0.05, 0) is 79.7 Å². The molecule has 0 aliphatic carbocycles. The molecule has 2 saturated heterocycles.